The molecule has 3 aromatic carbocycles. The molecule has 0 heterocycles. The highest BCUT2D eigenvalue weighted by Crippen LogP contribution is 2.20. The lowest BCUT2D eigenvalue weighted by molar-refractivity contribution is -0.146. The molecule has 0 saturated carbocycles. The Balaban J connectivity index is 1.94. The summed E-state index contributed by atoms with van der Waals surface area (Å²) >= 11 is 0. The first-order valence-corrected chi connectivity index (χ1v) is 9.84. The number of rotatable bonds is 8. The van der Waals surface area contributed by atoms with Gasteiger partial charge in [0.25, 0.3) is 5.91 Å². The first-order chi connectivity index (χ1) is 14.6. The van der Waals surface area contributed by atoms with Gasteiger partial charge in [0.15, 0.2) is 5.54 Å². The van der Waals surface area contributed by atoms with Crippen molar-refractivity contribution < 1.29 is 14.3 Å². The van der Waals surface area contributed by atoms with E-state index in [0.717, 1.165) is 11.1 Å². The number of ether oxygens (including phenoxy) is 1. The van der Waals surface area contributed by atoms with Crippen molar-refractivity contribution in [3.05, 3.63) is 120 Å². The van der Waals surface area contributed by atoms with Gasteiger partial charge in [0.2, 0.25) is 0 Å². The van der Waals surface area contributed by atoms with Gasteiger partial charge in [-0.3, -0.25) is 4.79 Å². The molecule has 0 aliphatic heterocycles. The number of hydrogen-bond acceptors (Lipinski definition) is 3. The van der Waals surface area contributed by atoms with Gasteiger partial charge < -0.3 is 10.1 Å². The van der Waals surface area contributed by atoms with Crippen molar-refractivity contribution in [1.82, 2.24) is 5.32 Å². The fourth-order valence-corrected chi connectivity index (χ4v) is 3.31. The van der Waals surface area contributed by atoms with Crippen molar-refractivity contribution in [2.24, 2.45) is 0 Å². The summed E-state index contributed by atoms with van der Waals surface area (Å²) in [6.45, 7) is 0. The molecule has 4 heteroatoms. The third-order valence-corrected chi connectivity index (χ3v) is 4.85. The van der Waals surface area contributed by atoms with Crippen LogP contribution >= 0.6 is 0 Å². The molecular weight excluding hydrogens is 374 g/mol. The molecule has 1 amide bonds. The van der Waals surface area contributed by atoms with E-state index in [4.69, 9.17) is 4.74 Å². The molecule has 1 atom stereocenters. The third-order valence-electron chi connectivity index (χ3n) is 4.85. The highest BCUT2D eigenvalue weighted by molar-refractivity contribution is 5.99. The average Bonchev–Trinajstić information content (AvgIpc) is 2.80. The molecule has 0 saturated heterocycles. The Morgan fingerprint density at radius 3 is 1.93 bits per heavy atom. The van der Waals surface area contributed by atoms with Gasteiger partial charge in [0, 0.05) is 12.0 Å². The number of esters is 1. The zero-order chi connectivity index (χ0) is 21.2. The molecule has 0 aliphatic rings. The molecule has 30 heavy (non-hydrogen) atoms. The molecule has 3 rings (SSSR count). The van der Waals surface area contributed by atoms with Crippen molar-refractivity contribution >= 4 is 11.9 Å². The van der Waals surface area contributed by atoms with Gasteiger partial charge >= 0.3 is 5.97 Å². The van der Waals surface area contributed by atoms with Crippen LogP contribution in [-0.2, 0) is 22.4 Å². The summed E-state index contributed by atoms with van der Waals surface area (Å²) in [5, 5.41) is 2.93. The fourth-order valence-electron chi connectivity index (χ4n) is 3.31. The van der Waals surface area contributed by atoms with Gasteiger partial charge in [-0.05, 0) is 29.7 Å². The van der Waals surface area contributed by atoms with Crippen LogP contribution in [0.1, 0.15) is 21.5 Å². The average molecular weight is 399 g/mol. The summed E-state index contributed by atoms with van der Waals surface area (Å²) in [5.41, 5.74) is 1.19. The van der Waals surface area contributed by atoms with Crippen molar-refractivity contribution in [3.8, 4) is 0 Å². The van der Waals surface area contributed by atoms with Gasteiger partial charge in [0.05, 0.1) is 7.11 Å². The number of methoxy groups -OCH3 is 1. The lowest BCUT2D eigenvalue weighted by Gasteiger charge is -2.29. The molecule has 4 nitrogen and oxygen atoms in total. The highest BCUT2D eigenvalue weighted by atomic mass is 16.5. The van der Waals surface area contributed by atoms with Crippen LogP contribution < -0.4 is 5.32 Å². The van der Waals surface area contributed by atoms with Crippen LogP contribution in [0.25, 0.3) is 0 Å². The topological polar surface area (TPSA) is 55.4 Å². The molecule has 0 aromatic heterocycles. The molecule has 152 valence electrons. The van der Waals surface area contributed by atoms with Crippen LogP contribution in [0.3, 0.4) is 0 Å². The molecule has 3 aromatic rings. The van der Waals surface area contributed by atoms with E-state index >= 15 is 0 Å². The maximum atomic E-state index is 13.0. The minimum Gasteiger partial charge on any atom is -0.467 e. The molecule has 0 unspecified atom stereocenters. The molecule has 0 aliphatic carbocycles. The number of nitrogens with one attached hydrogen (secondary N) is 1. The second kappa shape index (κ2) is 10.2. The predicted molar refractivity (Wildman–Crippen MR) is 118 cm³/mol. The van der Waals surface area contributed by atoms with Crippen molar-refractivity contribution in [2.45, 2.75) is 18.4 Å². The van der Waals surface area contributed by atoms with E-state index < -0.39 is 11.5 Å². The van der Waals surface area contributed by atoms with E-state index in [2.05, 4.69) is 5.32 Å². The van der Waals surface area contributed by atoms with Crippen molar-refractivity contribution in [2.75, 3.05) is 7.11 Å². The number of amides is 1. The standard InChI is InChI=1S/C26H25NO3/c1-30-25(29)26(20-22-14-7-3-8-15-22,19-11-16-21-12-5-2-6-13-21)27-24(28)23-17-9-4-10-18-23/h2-15,17-19H,16,20H2,1H3,(H,27,28)/b19-11+/t26-/m1/s1. The van der Waals surface area contributed by atoms with Crippen molar-refractivity contribution in [3.63, 3.8) is 0 Å². The largest absolute Gasteiger partial charge is 0.467 e. The van der Waals surface area contributed by atoms with Gasteiger partial charge in [-0.15, -0.1) is 0 Å². The maximum Gasteiger partial charge on any atom is 0.336 e. The van der Waals surface area contributed by atoms with Gasteiger partial charge in [-0.2, -0.15) is 0 Å². The predicted octanol–water partition coefficient (Wildman–Crippen LogP) is 4.37. The lowest BCUT2D eigenvalue weighted by Crippen LogP contribution is -2.55. The van der Waals surface area contributed by atoms with E-state index in [1.165, 1.54) is 7.11 Å². The van der Waals surface area contributed by atoms with Gasteiger partial charge in [-0.1, -0.05) is 91.0 Å². The minimum atomic E-state index is -1.32. The zero-order valence-corrected chi connectivity index (χ0v) is 17.0. The Morgan fingerprint density at radius 2 is 1.37 bits per heavy atom. The number of benzene rings is 3. The van der Waals surface area contributed by atoms with Crippen LogP contribution in [0.15, 0.2) is 103 Å². The zero-order valence-electron chi connectivity index (χ0n) is 17.0. The number of allylic oxidation sites excluding steroid dienone is 1. The molecule has 0 spiro atoms. The SMILES string of the molecule is COC(=O)[C@@](/C=C/Cc1ccccc1)(Cc1ccccc1)NC(=O)c1ccccc1. The Bertz CT molecular complexity index is 985. The van der Waals surface area contributed by atoms with Gasteiger partial charge in [-0.25, -0.2) is 4.79 Å². The summed E-state index contributed by atoms with van der Waals surface area (Å²) in [4.78, 5) is 25.9. The van der Waals surface area contributed by atoms with Crippen LogP contribution in [0.4, 0.5) is 0 Å². The van der Waals surface area contributed by atoms with Crippen LogP contribution in [0, 0.1) is 0 Å². The lowest BCUT2D eigenvalue weighted by atomic mass is 9.89. The van der Waals surface area contributed by atoms with E-state index in [0.29, 0.717) is 12.0 Å². The van der Waals surface area contributed by atoms with Crippen molar-refractivity contribution in [1.29, 1.82) is 0 Å². The summed E-state index contributed by atoms with van der Waals surface area (Å²) in [6, 6.07) is 28.4. The second-order valence-corrected chi connectivity index (χ2v) is 7.04. The summed E-state index contributed by atoms with van der Waals surface area (Å²) in [7, 11) is 1.34. The smallest absolute Gasteiger partial charge is 0.336 e. The van der Waals surface area contributed by atoms with Crippen LogP contribution in [-0.4, -0.2) is 24.5 Å². The van der Waals surface area contributed by atoms with Crippen LogP contribution in [0.5, 0.6) is 0 Å². The Labute approximate surface area is 177 Å². The number of carbonyl (C=O) groups is 2. The quantitative estimate of drug-likeness (QED) is 0.452. The van der Waals surface area contributed by atoms with E-state index in [-0.39, 0.29) is 12.3 Å². The molecule has 0 bridgehead atoms. The number of hydrogen-bond donors (Lipinski definition) is 1. The fraction of sp³-hybridized carbons (Fsp3) is 0.154. The molecule has 0 radical (unpaired) electrons. The Hall–Kier alpha value is -3.66. The van der Waals surface area contributed by atoms with E-state index in [9.17, 15) is 9.59 Å². The minimum absolute atomic E-state index is 0.282. The monoisotopic (exact) mass is 399 g/mol. The maximum absolute atomic E-state index is 13.0. The third kappa shape index (κ3) is 5.45. The van der Waals surface area contributed by atoms with E-state index in [1.807, 2.05) is 72.8 Å². The number of carbonyl (C=O) groups excluding carboxylic acids is 2. The molecular formula is C26H25NO3. The first kappa shape index (κ1) is 21.1. The normalized spacial score (nSPS) is 12.8. The molecule has 1 N–H and O–H groups in total. The summed E-state index contributed by atoms with van der Waals surface area (Å²) < 4.78 is 5.12. The molecule has 0 fully saturated rings. The Morgan fingerprint density at radius 1 is 0.833 bits per heavy atom. The Kier molecular flexibility index (Phi) is 7.17. The summed E-state index contributed by atoms with van der Waals surface area (Å²) in [6.07, 6.45) is 4.57. The van der Waals surface area contributed by atoms with E-state index in [1.54, 1.807) is 30.3 Å². The second-order valence-electron chi connectivity index (χ2n) is 7.04. The summed E-state index contributed by atoms with van der Waals surface area (Å²) in [5.74, 6) is -0.846. The van der Waals surface area contributed by atoms with Crippen LogP contribution in [0.2, 0.25) is 0 Å². The van der Waals surface area contributed by atoms with Gasteiger partial charge in [0.1, 0.15) is 0 Å². The first-order valence-electron chi connectivity index (χ1n) is 9.84. The highest BCUT2D eigenvalue weighted by Gasteiger charge is 2.39.